The van der Waals surface area contributed by atoms with Crippen LogP contribution < -0.4 is 4.74 Å². The first kappa shape index (κ1) is 18.0. The lowest BCUT2D eigenvalue weighted by Gasteiger charge is -2.21. The molecule has 1 N–H and O–H groups in total. The quantitative estimate of drug-likeness (QED) is 0.764. The van der Waals surface area contributed by atoms with Crippen LogP contribution in [0.4, 0.5) is 0 Å². The number of nitrogens with zero attached hydrogens (tertiary/aromatic N) is 1. The van der Waals surface area contributed by atoms with Crippen molar-refractivity contribution in [3.63, 3.8) is 0 Å². The maximum atomic E-state index is 10.3. The molecule has 24 heavy (non-hydrogen) atoms. The number of hydrogen-bond acceptors (Lipinski definition) is 4. The van der Waals surface area contributed by atoms with Gasteiger partial charge >= 0.3 is 0 Å². The van der Waals surface area contributed by atoms with Crippen LogP contribution in [0.25, 0.3) is 6.08 Å². The highest BCUT2D eigenvalue weighted by Gasteiger charge is 2.11. The van der Waals surface area contributed by atoms with E-state index in [9.17, 15) is 5.11 Å². The SMILES string of the molecule is COCCN(C/C=C/c1ccccc1)Cc1cccc(OC)c1O. The van der Waals surface area contributed by atoms with Gasteiger partial charge < -0.3 is 14.6 Å². The molecule has 0 radical (unpaired) electrons. The number of benzene rings is 2. The van der Waals surface area contributed by atoms with Gasteiger partial charge in [0.1, 0.15) is 0 Å². The van der Waals surface area contributed by atoms with Gasteiger partial charge in [-0.05, 0) is 11.6 Å². The van der Waals surface area contributed by atoms with Gasteiger partial charge in [-0.25, -0.2) is 0 Å². The van der Waals surface area contributed by atoms with Crippen LogP contribution >= 0.6 is 0 Å². The van der Waals surface area contributed by atoms with Crippen LogP contribution in [0.1, 0.15) is 11.1 Å². The van der Waals surface area contributed by atoms with E-state index in [4.69, 9.17) is 9.47 Å². The third-order valence-corrected chi connectivity index (χ3v) is 3.78. The Hall–Kier alpha value is -2.30. The molecule has 0 spiro atoms. The first-order chi connectivity index (χ1) is 11.7. The number of hydrogen-bond donors (Lipinski definition) is 1. The molecule has 2 aromatic carbocycles. The standard InChI is InChI=1S/C20H25NO3/c1-23-15-14-21(13-7-10-17-8-4-3-5-9-17)16-18-11-6-12-19(24-2)20(18)22/h3-12,22H,13-16H2,1-2H3/b10-7+. The van der Waals surface area contributed by atoms with Crippen LogP contribution in [-0.2, 0) is 11.3 Å². The molecule has 4 heteroatoms. The Kier molecular flexibility index (Phi) is 7.33. The molecule has 0 amide bonds. The molecule has 0 heterocycles. The second kappa shape index (κ2) is 9.75. The van der Waals surface area contributed by atoms with Gasteiger partial charge in [-0.15, -0.1) is 0 Å². The largest absolute Gasteiger partial charge is 0.504 e. The zero-order valence-electron chi connectivity index (χ0n) is 14.3. The maximum Gasteiger partial charge on any atom is 0.162 e. The lowest BCUT2D eigenvalue weighted by molar-refractivity contribution is 0.150. The third kappa shape index (κ3) is 5.41. The van der Waals surface area contributed by atoms with Crippen molar-refractivity contribution in [1.29, 1.82) is 0 Å². The molecule has 0 atom stereocenters. The number of phenols is 1. The minimum absolute atomic E-state index is 0.203. The van der Waals surface area contributed by atoms with Crippen molar-refractivity contribution >= 4 is 6.08 Å². The van der Waals surface area contributed by atoms with E-state index in [1.165, 1.54) is 5.56 Å². The van der Waals surface area contributed by atoms with Gasteiger partial charge in [-0.3, -0.25) is 4.90 Å². The van der Waals surface area contributed by atoms with Gasteiger partial charge in [0.25, 0.3) is 0 Å². The summed E-state index contributed by atoms with van der Waals surface area (Å²) in [5.41, 5.74) is 2.02. The number of para-hydroxylation sites is 1. The third-order valence-electron chi connectivity index (χ3n) is 3.78. The fourth-order valence-corrected chi connectivity index (χ4v) is 2.46. The fraction of sp³-hybridized carbons (Fsp3) is 0.300. The summed E-state index contributed by atoms with van der Waals surface area (Å²) in [6.45, 7) is 2.83. The highest BCUT2D eigenvalue weighted by Crippen LogP contribution is 2.30. The molecule has 0 saturated carbocycles. The Labute approximate surface area is 143 Å². The number of ether oxygens (including phenoxy) is 2. The van der Waals surface area contributed by atoms with E-state index in [1.807, 2.05) is 30.3 Å². The summed E-state index contributed by atoms with van der Waals surface area (Å²) in [6, 6.07) is 15.8. The number of aromatic hydroxyl groups is 1. The highest BCUT2D eigenvalue weighted by molar-refractivity contribution is 5.49. The Morgan fingerprint density at radius 1 is 1.04 bits per heavy atom. The van der Waals surface area contributed by atoms with Crippen molar-refractivity contribution in [2.45, 2.75) is 6.54 Å². The Balaban J connectivity index is 2.04. The average molecular weight is 327 g/mol. The lowest BCUT2D eigenvalue weighted by atomic mass is 10.1. The second-order valence-electron chi connectivity index (χ2n) is 5.51. The van der Waals surface area contributed by atoms with Crippen molar-refractivity contribution in [2.75, 3.05) is 33.9 Å². The van der Waals surface area contributed by atoms with Crippen molar-refractivity contribution < 1.29 is 14.6 Å². The van der Waals surface area contributed by atoms with E-state index in [0.717, 1.165) is 18.7 Å². The molecule has 0 aliphatic rings. The zero-order chi connectivity index (χ0) is 17.2. The van der Waals surface area contributed by atoms with E-state index in [2.05, 4.69) is 29.2 Å². The molecule has 0 unspecified atom stereocenters. The summed E-state index contributed by atoms with van der Waals surface area (Å²) in [6.07, 6.45) is 4.23. The molecule has 0 aliphatic carbocycles. The molecule has 128 valence electrons. The van der Waals surface area contributed by atoms with Gasteiger partial charge in [0, 0.05) is 32.3 Å². The van der Waals surface area contributed by atoms with E-state index in [0.29, 0.717) is 18.9 Å². The summed E-state index contributed by atoms with van der Waals surface area (Å²) >= 11 is 0. The van der Waals surface area contributed by atoms with E-state index in [-0.39, 0.29) is 5.75 Å². The lowest BCUT2D eigenvalue weighted by Crippen LogP contribution is -2.27. The van der Waals surface area contributed by atoms with Crippen LogP contribution in [0.5, 0.6) is 11.5 Å². The first-order valence-electron chi connectivity index (χ1n) is 8.02. The number of phenolic OH excluding ortho intramolecular Hbond substituents is 1. The van der Waals surface area contributed by atoms with Gasteiger partial charge in [0.05, 0.1) is 13.7 Å². The minimum Gasteiger partial charge on any atom is -0.504 e. The van der Waals surface area contributed by atoms with Crippen LogP contribution in [0, 0.1) is 0 Å². The molecule has 0 fully saturated rings. The highest BCUT2D eigenvalue weighted by atomic mass is 16.5. The van der Waals surface area contributed by atoms with Crippen molar-refractivity contribution in [3.8, 4) is 11.5 Å². The van der Waals surface area contributed by atoms with Gasteiger partial charge in [0.2, 0.25) is 0 Å². The predicted octanol–water partition coefficient (Wildman–Crippen LogP) is 3.56. The van der Waals surface area contributed by atoms with Crippen LogP contribution in [0.3, 0.4) is 0 Å². The smallest absolute Gasteiger partial charge is 0.162 e. The van der Waals surface area contributed by atoms with E-state index >= 15 is 0 Å². The Morgan fingerprint density at radius 2 is 1.83 bits per heavy atom. The van der Waals surface area contributed by atoms with Crippen molar-refractivity contribution in [2.24, 2.45) is 0 Å². The number of rotatable bonds is 9. The van der Waals surface area contributed by atoms with Gasteiger partial charge in [0.15, 0.2) is 11.5 Å². The number of methoxy groups -OCH3 is 2. The summed E-state index contributed by atoms with van der Waals surface area (Å²) in [5.74, 6) is 0.702. The molecule has 0 saturated heterocycles. The van der Waals surface area contributed by atoms with Gasteiger partial charge in [-0.2, -0.15) is 0 Å². The van der Waals surface area contributed by atoms with Gasteiger partial charge in [-0.1, -0.05) is 54.6 Å². The van der Waals surface area contributed by atoms with Crippen molar-refractivity contribution in [3.05, 3.63) is 65.7 Å². The molecule has 2 aromatic rings. The molecule has 2 rings (SSSR count). The monoisotopic (exact) mass is 327 g/mol. The second-order valence-corrected chi connectivity index (χ2v) is 5.51. The molecule has 0 aliphatic heterocycles. The summed E-state index contributed by atoms with van der Waals surface area (Å²) in [5, 5.41) is 10.3. The summed E-state index contributed by atoms with van der Waals surface area (Å²) in [4.78, 5) is 2.22. The maximum absolute atomic E-state index is 10.3. The van der Waals surface area contributed by atoms with Crippen LogP contribution in [0.2, 0.25) is 0 Å². The molecular formula is C20H25NO3. The molecule has 4 nitrogen and oxygen atoms in total. The van der Waals surface area contributed by atoms with Crippen LogP contribution in [-0.4, -0.2) is 43.9 Å². The van der Waals surface area contributed by atoms with E-state index in [1.54, 1.807) is 20.3 Å². The van der Waals surface area contributed by atoms with Crippen molar-refractivity contribution in [1.82, 2.24) is 4.90 Å². The fourth-order valence-electron chi connectivity index (χ4n) is 2.46. The average Bonchev–Trinajstić information content (AvgIpc) is 2.62. The molecule has 0 aromatic heterocycles. The Morgan fingerprint density at radius 3 is 2.54 bits per heavy atom. The Bertz CT molecular complexity index is 641. The summed E-state index contributed by atoms with van der Waals surface area (Å²) in [7, 11) is 3.26. The zero-order valence-corrected chi connectivity index (χ0v) is 14.3. The van der Waals surface area contributed by atoms with Crippen LogP contribution in [0.15, 0.2) is 54.6 Å². The topological polar surface area (TPSA) is 41.9 Å². The predicted molar refractivity (Wildman–Crippen MR) is 97.3 cm³/mol. The van der Waals surface area contributed by atoms with E-state index < -0.39 is 0 Å². The first-order valence-corrected chi connectivity index (χ1v) is 8.02. The minimum atomic E-state index is 0.203. The normalized spacial score (nSPS) is 11.3. The summed E-state index contributed by atoms with van der Waals surface area (Å²) < 4.78 is 10.4. The molecule has 0 bridgehead atoms. The molecular weight excluding hydrogens is 302 g/mol.